The molecule has 1 aliphatic rings. The van der Waals surface area contributed by atoms with Crippen LogP contribution in [0.2, 0.25) is 0 Å². The molecule has 0 spiro atoms. The quantitative estimate of drug-likeness (QED) is 0.345. The van der Waals surface area contributed by atoms with Crippen LogP contribution in [-0.2, 0) is 27.7 Å². The monoisotopic (exact) mass is 517 g/mol. The largest absolute Gasteiger partial charge is 0.497 e. The summed E-state index contributed by atoms with van der Waals surface area (Å²) in [5.41, 5.74) is 0.835. The van der Waals surface area contributed by atoms with Crippen molar-refractivity contribution >= 4 is 21.4 Å². The van der Waals surface area contributed by atoms with Crippen LogP contribution in [-0.4, -0.2) is 52.8 Å². The van der Waals surface area contributed by atoms with Gasteiger partial charge in [-0.05, 0) is 54.1 Å². The maximum absolute atomic E-state index is 13.9. The molecule has 1 fully saturated rings. The van der Waals surface area contributed by atoms with Gasteiger partial charge in [-0.15, -0.1) is 11.3 Å². The molecule has 3 aromatic rings. The summed E-state index contributed by atoms with van der Waals surface area (Å²) in [7, 11) is -0.946. The fourth-order valence-electron chi connectivity index (χ4n) is 4.05. The molecule has 7 nitrogen and oxygen atoms in total. The topological polar surface area (TPSA) is 74.3 Å². The second-order valence-corrected chi connectivity index (χ2v) is 11.2. The van der Waals surface area contributed by atoms with E-state index in [0.717, 1.165) is 24.8 Å². The van der Waals surface area contributed by atoms with Crippen molar-refractivity contribution in [2.45, 2.75) is 36.8 Å². The second kappa shape index (κ2) is 11.9. The third-order valence-electron chi connectivity index (χ3n) is 5.87. The molecule has 9 heteroatoms. The van der Waals surface area contributed by atoms with Crippen LogP contribution in [0.1, 0.15) is 23.3 Å². The Morgan fingerprint density at radius 1 is 1.06 bits per heavy atom. The van der Waals surface area contributed by atoms with Gasteiger partial charge in [-0.3, -0.25) is 0 Å². The molecule has 1 unspecified atom stereocenters. The number of ether oxygens (including phenoxy) is 4. The van der Waals surface area contributed by atoms with E-state index in [1.54, 1.807) is 23.5 Å². The van der Waals surface area contributed by atoms with Crippen molar-refractivity contribution in [2.75, 3.05) is 34.0 Å². The number of sulfonamides is 1. The van der Waals surface area contributed by atoms with Crippen LogP contribution in [0.25, 0.3) is 0 Å². The number of hydrogen-bond acceptors (Lipinski definition) is 7. The molecule has 0 N–H and O–H groups in total. The summed E-state index contributed by atoms with van der Waals surface area (Å²) in [4.78, 5) is 1.34. The lowest BCUT2D eigenvalue weighted by molar-refractivity contribution is 0.0925. The zero-order valence-corrected chi connectivity index (χ0v) is 21.6. The summed E-state index contributed by atoms with van der Waals surface area (Å²) < 4.78 is 51.6. The first-order valence-electron chi connectivity index (χ1n) is 11.6. The first kappa shape index (κ1) is 25.5. The third kappa shape index (κ3) is 6.55. The first-order chi connectivity index (χ1) is 17.0. The molecule has 4 rings (SSSR count). The summed E-state index contributed by atoms with van der Waals surface area (Å²) in [6.07, 6.45) is 2.44. The van der Waals surface area contributed by atoms with Crippen molar-refractivity contribution in [3.8, 4) is 17.2 Å². The molecular weight excluding hydrogens is 486 g/mol. The van der Waals surface area contributed by atoms with Gasteiger partial charge in [-0.1, -0.05) is 18.2 Å². The van der Waals surface area contributed by atoms with Gasteiger partial charge in [0.2, 0.25) is 10.0 Å². The highest BCUT2D eigenvalue weighted by atomic mass is 32.2. The van der Waals surface area contributed by atoms with E-state index >= 15 is 0 Å². The van der Waals surface area contributed by atoms with Crippen LogP contribution >= 0.6 is 11.3 Å². The van der Waals surface area contributed by atoms with E-state index in [1.165, 1.54) is 29.5 Å². The molecule has 1 atom stereocenters. The van der Waals surface area contributed by atoms with Crippen molar-refractivity contribution in [3.63, 3.8) is 0 Å². The molecule has 0 saturated carbocycles. The van der Waals surface area contributed by atoms with Crippen molar-refractivity contribution in [1.82, 2.24) is 4.31 Å². The highest BCUT2D eigenvalue weighted by Crippen LogP contribution is 2.32. The Bertz CT molecular complexity index is 1190. The van der Waals surface area contributed by atoms with Gasteiger partial charge in [-0.2, -0.15) is 4.31 Å². The Hall–Kier alpha value is -2.59. The van der Waals surface area contributed by atoms with E-state index in [1.807, 2.05) is 30.3 Å². The first-order valence-corrected chi connectivity index (χ1v) is 13.9. The molecule has 2 heterocycles. The molecule has 0 radical (unpaired) electrons. The average molecular weight is 518 g/mol. The van der Waals surface area contributed by atoms with Gasteiger partial charge in [-0.25, -0.2) is 8.42 Å². The van der Waals surface area contributed by atoms with Crippen LogP contribution in [0, 0.1) is 0 Å². The normalized spacial score (nSPS) is 15.9. The van der Waals surface area contributed by atoms with Crippen LogP contribution < -0.4 is 14.2 Å². The minimum absolute atomic E-state index is 0.0701. The predicted molar refractivity (Wildman–Crippen MR) is 136 cm³/mol. The minimum atomic E-state index is -3.91. The van der Waals surface area contributed by atoms with Gasteiger partial charge < -0.3 is 18.9 Å². The van der Waals surface area contributed by atoms with E-state index in [-0.39, 0.29) is 29.8 Å². The van der Waals surface area contributed by atoms with Gasteiger partial charge in [0.1, 0.15) is 22.1 Å². The Balaban J connectivity index is 1.56. The fourth-order valence-corrected chi connectivity index (χ4v) is 6.37. The van der Waals surface area contributed by atoms with Gasteiger partial charge in [0.25, 0.3) is 0 Å². The van der Waals surface area contributed by atoms with Crippen molar-refractivity contribution in [1.29, 1.82) is 0 Å². The van der Waals surface area contributed by atoms with Crippen LogP contribution in [0.15, 0.2) is 64.9 Å². The Labute approximate surface area is 211 Å². The highest BCUT2D eigenvalue weighted by molar-refractivity contribution is 7.89. The number of rotatable bonds is 12. The lowest BCUT2D eigenvalue weighted by atomic mass is 10.2. The molecule has 2 aromatic carbocycles. The van der Waals surface area contributed by atoms with E-state index in [0.29, 0.717) is 24.7 Å². The molecule has 35 heavy (non-hydrogen) atoms. The van der Waals surface area contributed by atoms with E-state index in [9.17, 15) is 8.42 Å². The molecule has 188 valence electrons. The molecule has 0 aliphatic carbocycles. The van der Waals surface area contributed by atoms with Crippen LogP contribution in [0.5, 0.6) is 17.2 Å². The molecule has 1 aliphatic heterocycles. The number of thiophene rings is 1. The maximum Gasteiger partial charge on any atom is 0.247 e. The maximum atomic E-state index is 13.9. The van der Waals surface area contributed by atoms with Crippen LogP contribution in [0.3, 0.4) is 0 Å². The average Bonchev–Trinajstić information content (AvgIpc) is 3.58. The summed E-state index contributed by atoms with van der Waals surface area (Å²) in [5, 5.41) is 2.05. The zero-order valence-electron chi connectivity index (χ0n) is 20.0. The highest BCUT2D eigenvalue weighted by Gasteiger charge is 2.32. The SMILES string of the molecule is COc1ccc(OC)c(S(=O)(=O)N(Cc2cccc(OCCc3cccs3)c2)CC2CCCO2)c1. The molecule has 1 saturated heterocycles. The van der Waals surface area contributed by atoms with Crippen molar-refractivity contribution < 1.29 is 27.4 Å². The zero-order chi connectivity index (χ0) is 24.7. The van der Waals surface area contributed by atoms with Gasteiger partial charge >= 0.3 is 0 Å². The Kier molecular flexibility index (Phi) is 8.67. The summed E-state index contributed by atoms with van der Waals surface area (Å²) in [6, 6.07) is 16.5. The number of benzene rings is 2. The van der Waals surface area contributed by atoms with Crippen molar-refractivity contribution in [2.24, 2.45) is 0 Å². The van der Waals surface area contributed by atoms with Gasteiger partial charge in [0.15, 0.2) is 0 Å². The summed E-state index contributed by atoms with van der Waals surface area (Å²) >= 11 is 1.71. The van der Waals surface area contributed by atoms with Crippen molar-refractivity contribution in [3.05, 3.63) is 70.4 Å². The minimum Gasteiger partial charge on any atom is -0.497 e. The molecular formula is C26H31NO6S2. The molecule has 0 bridgehead atoms. The summed E-state index contributed by atoms with van der Waals surface area (Å²) in [5.74, 6) is 1.43. The number of nitrogens with zero attached hydrogens (tertiary/aromatic N) is 1. The van der Waals surface area contributed by atoms with Crippen LogP contribution in [0.4, 0.5) is 0 Å². The van der Waals surface area contributed by atoms with E-state index < -0.39 is 10.0 Å². The predicted octanol–water partition coefficient (Wildman–Crippen LogP) is 4.76. The van der Waals surface area contributed by atoms with E-state index in [2.05, 4.69) is 11.4 Å². The number of hydrogen-bond donors (Lipinski definition) is 0. The van der Waals surface area contributed by atoms with E-state index in [4.69, 9.17) is 18.9 Å². The fraction of sp³-hybridized carbons (Fsp3) is 0.385. The molecule has 1 aromatic heterocycles. The lowest BCUT2D eigenvalue weighted by Crippen LogP contribution is -2.37. The smallest absolute Gasteiger partial charge is 0.247 e. The Morgan fingerprint density at radius 2 is 1.94 bits per heavy atom. The Morgan fingerprint density at radius 3 is 2.66 bits per heavy atom. The second-order valence-electron chi connectivity index (χ2n) is 8.27. The summed E-state index contributed by atoms with van der Waals surface area (Å²) in [6.45, 7) is 1.65. The number of methoxy groups -OCH3 is 2. The molecule has 0 amide bonds. The van der Waals surface area contributed by atoms with Gasteiger partial charge in [0.05, 0.1) is 26.9 Å². The lowest BCUT2D eigenvalue weighted by Gasteiger charge is -2.26. The standard InChI is InChI=1S/C26H31NO6S2/c1-30-21-10-11-25(31-2)26(17-21)35(28,29)27(19-23-8-4-13-32-23)18-20-6-3-7-22(16-20)33-14-12-24-9-5-15-34-24/h3,5-7,9-11,15-17,23H,4,8,12-14,18-19H2,1-2H3. The third-order valence-corrected chi connectivity index (χ3v) is 8.64. The van der Waals surface area contributed by atoms with Gasteiger partial charge in [0, 0.05) is 37.1 Å².